The van der Waals surface area contributed by atoms with Crippen molar-refractivity contribution in [1.82, 2.24) is 9.66 Å². The quantitative estimate of drug-likeness (QED) is 0.552. The molecule has 3 rings (SSSR count). The van der Waals surface area contributed by atoms with Crippen LogP contribution < -0.4 is 5.84 Å². The van der Waals surface area contributed by atoms with Crippen molar-refractivity contribution in [2.24, 2.45) is 0 Å². The van der Waals surface area contributed by atoms with E-state index < -0.39 is 10.8 Å². The molecule has 0 aliphatic rings. The predicted molar refractivity (Wildman–Crippen MR) is 96.3 cm³/mol. The lowest BCUT2D eigenvalue weighted by atomic mass is 10.2. The van der Waals surface area contributed by atoms with Crippen LogP contribution in [0.5, 0.6) is 0 Å². The SMILES string of the molecule is Nn1cc(-c2ccccc2)nc1SCC[S@@](=O)c1ccccc1. The first-order valence-corrected chi connectivity index (χ1v) is 9.50. The molecule has 3 aromatic rings. The van der Waals surface area contributed by atoms with Crippen LogP contribution in [0.1, 0.15) is 0 Å². The highest BCUT2D eigenvalue weighted by Crippen LogP contribution is 2.23. The van der Waals surface area contributed by atoms with Crippen LogP contribution in [-0.2, 0) is 10.8 Å². The molecule has 0 radical (unpaired) electrons. The van der Waals surface area contributed by atoms with Crippen molar-refractivity contribution in [3.8, 4) is 11.3 Å². The van der Waals surface area contributed by atoms with Gasteiger partial charge in [0.25, 0.3) is 0 Å². The number of nitrogen functional groups attached to an aromatic ring is 1. The monoisotopic (exact) mass is 343 g/mol. The van der Waals surface area contributed by atoms with Crippen molar-refractivity contribution < 1.29 is 4.21 Å². The highest BCUT2D eigenvalue weighted by atomic mass is 32.2. The van der Waals surface area contributed by atoms with Gasteiger partial charge in [-0.15, -0.1) is 0 Å². The second-order valence-electron chi connectivity index (χ2n) is 4.89. The van der Waals surface area contributed by atoms with Crippen LogP contribution in [-0.4, -0.2) is 25.4 Å². The second-order valence-corrected chi connectivity index (χ2v) is 7.53. The standard InChI is InChI=1S/C17H17N3OS2/c18-20-13-16(14-7-3-1-4-8-14)19-17(20)22-11-12-23(21)15-9-5-2-6-10-15/h1-10,13H,11-12,18H2/t23-/m1/s1. The molecule has 0 unspecified atom stereocenters. The molecule has 6 heteroatoms. The maximum atomic E-state index is 12.2. The summed E-state index contributed by atoms with van der Waals surface area (Å²) in [5.41, 5.74) is 1.88. The van der Waals surface area contributed by atoms with E-state index in [0.717, 1.165) is 21.3 Å². The molecule has 0 bridgehead atoms. The maximum absolute atomic E-state index is 12.2. The zero-order valence-corrected chi connectivity index (χ0v) is 14.1. The zero-order chi connectivity index (χ0) is 16.1. The van der Waals surface area contributed by atoms with E-state index in [1.165, 1.54) is 16.4 Å². The average molecular weight is 343 g/mol. The van der Waals surface area contributed by atoms with Gasteiger partial charge in [0.1, 0.15) is 0 Å². The number of aromatic nitrogens is 2. The van der Waals surface area contributed by atoms with Crippen LogP contribution in [0, 0.1) is 0 Å². The highest BCUT2D eigenvalue weighted by Gasteiger charge is 2.09. The van der Waals surface area contributed by atoms with E-state index >= 15 is 0 Å². The van der Waals surface area contributed by atoms with Gasteiger partial charge in [0.2, 0.25) is 0 Å². The van der Waals surface area contributed by atoms with Gasteiger partial charge >= 0.3 is 0 Å². The van der Waals surface area contributed by atoms with Crippen LogP contribution in [0.25, 0.3) is 11.3 Å². The molecule has 0 saturated heterocycles. The molecule has 4 nitrogen and oxygen atoms in total. The van der Waals surface area contributed by atoms with E-state index in [0.29, 0.717) is 11.5 Å². The van der Waals surface area contributed by atoms with Gasteiger partial charge in [-0.05, 0) is 12.1 Å². The first-order chi connectivity index (χ1) is 11.2. The number of rotatable bonds is 6. The van der Waals surface area contributed by atoms with Gasteiger partial charge < -0.3 is 5.84 Å². The van der Waals surface area contributed by atoms with Gasteiger partial charge in [-0.1, -0.05) is 60.3 Å². The number of benzene rings is 2. The third kappa shape index (κ3) is 4.03. The van der Waals surface area contributed by atoms with E-state index in [1.54, 1.807) is 0 Å². The number of imidazole rings is 1. The van der Waals surface area contributed by atoms with Crippen molar-refractivity contribution in [2.75, 3.05) is 17.3 Å². The summed E-state index contributed by atoms with van der Waals surface area (Å²) in [5, 5.41) is 0.730. The Labute approximate surface area is 142 Å². The predicted octanol–water partition coefficient (Wildman–Crippen LogP) is 3.16. The molecule has 0 amide bonds. The van der Waals surface area contributed by atoms with Crippen molar-refractivity contribution in [3.63, 3.8) is 0 Å². The van der Waals surface area contributed by atoms with Crippen LogP contribution in [0.15, 0.2) is 76.9 Å². The number of hydrogen-bond acceptors (Lipinski definition) is 4. The van der Waals surface area contributed by atoms with E-state index in [4.69, 9.17) is 5.84 Å². The summed E-state index contributed by atoms with van der Waals surface area (Å²) in [6.07, 6.45) is 1.81. The fraction of sp³-hybridized carbons (Fsp3) is 0.118. The van der Waals surface area contributed by atoms with Crippen LogP contribution in [0.2, 0.25) is 0 Å². The Morgan fingerprint density at radius 3 is 2.39 bits per heavy atom. The minimum Gasteiger partial charge on any atom is -0.337 e. The lowest BCUT2D eigenvalue weighted by Crippen LogP contribution is -2.09. The largest absolute Gasteiger partial charge is 0.337 e. The summed E-state index contributed by atoms with van der Waals surface area (Å²) in [4.78, 5) is 5.41. The Morgan fingerprint density at radius 1 is 1.04 bits per heavy atom. The average Bonchev–Trinajstić information content (AvgIpc) is 2.97. The van der Waals surface area contributed by atoms with Gasteiger partial charge in [-0.2, -0.15) is 0 Å². The minimum absolute atomic E-state index is 0.572. The topological polar surface area (TPSA) is 60.9 Å². The normalized spacial score (nSPS) is 12.2. The molecule has 0 saturated carbocycles. The summed E-state index contributed by atoms with van der Waals surface area (Å²) in [6, 6.07) is 19.4. The molecule has 1 heterocycles. The molecule has 1 aromatic heterocycles. The van der Waals surface area contributed by atoms with E-state index in [1.807, 2.05) is 66.9 Å². The van der Waals surface area contributed by atoms with Crippen molar-refractivity contribution in [1.29, 1.82) is 0 Å². The van der Waals surface area contributed by atoms with Gasteiger partial charge in [0, 0.05) is 22.0 Å². The van der Waals surface area contributed by atoms with E-state index in [2.05, 4.69) is 4.98 Å². The van der Waals surface area contributed by atoms with Crippen LogP contribution in [0.3, 0.4) is 0 Å². The Hall–Kier alpha value is -2.05. The van der Waals surface area contributed by atoms with Gasteiger partial charge in [-0.25, -0.2) is 9.66 Å². The van der Waals surface area contributed by atoms with Crippen molar-refractivity contribution >= 4 is 22.6 Å². The fourth-order valence-corrected chi connectivity index (χ4v) is 4.31. The number of thioether (sulfide) groups is 1. The fourth-order valence-electron chi connectivity index (χ4n) is 2.13. The lowest BCUT2D eigenvalue weighted by molar-refractivity contribution is 0.684. The molecule has 0 aliphatic heterocycles. The highest BCUT2D eigenvalue weighted by molar-refractivity contribution is 8.00. The van der Waals surface area contributed by atoms with Gasteiger partial charge in [0.05, 0.1) is 22.7 Å². The third-order valence-electron chi connectivity index (χ3n) is 3.27. The first kappa shape index (κ1) is 15.8. The molecule has 118 valence electrons. The summed E-state index contributed by atoms with van der Waals surface area (Å²) in [6.45, 7) is 0. The van der Waals surface area contributed by atoms with Gasteiger partial charge in [-0.3, -0.25) is 4.21 Å². The molecular weight excluding hydrogens is 326 g/mol. The molecule has 0 spiro atoms. The summed E-state index contributed by atoms with van der Waals surface area (Å²) in [7, 11) is -0.992. The maximum Gasteiger partial charge on any atom is 0.187 e. The van der Waals surface area contributed by atoms with Crippen LogP contribution >= 0.6 is 11.8 Å². The molecule has 1 atom stereocenters. The number of nitrogens with zero attached hydrogens (tertiary/aromatic N) is 2. The Morgan fingerprint density at radius 2 is 1.70 bits per heavy atom. The van der Waals surface area contributed by atoms with Crippen LogP contribution in [0.4, 0.5) is 0 Å². The minimum atomic E-state index is -0.992. The summed E-state index contributed by atoms with van der Waals surface area (Å²) >= 11 is 1.52. The van der Waals surface area contributed by atoms with Crippen molar-refractivity contribution in [2.45, 2.75) is 10.1 Å². The number of nitrogens with two attached hydrogens (primary N) is 1. The summed E-state index contributed by atoms with van der Waals surface area (Å²) < 4.78 is 13.7. The molecule has 23 heavy (non-hydrogen) atoms. The van der Waals surface area contributed by atoms with E-state index in [-0.39, 0.29) is 0 Å². The third-order valence-corrected chi connectivity index (χ3v) is 5.87. The molecule has 0 fully saturated rings. The van der Waals surface area contributed by atoms with Gasteiger partial charge in [0.15, 0.2) is 5.16 Å². The second kappa shape index (κ2) is 7.48. The molecule has 2 N–H and O–H groups in total. The molecule has 0 aliphatic carbocycles. The molecule has 2 aromatic carbocycles. The Kier molecular flexibility index (Phi) is 5.15. The van der Waals surface area contributed by atoms with E-state index in [9.17, 15) is 4.21 Å². The summed E-state index contributed by atoms with van der Waals surface area (Å²) in [5.74, 6) is 7.23. The van der Waals surface area contributed by atoms with Crippen molar-refractivity contribution in [3.05, 3.63) is 66.9 Å². The Bertz CT molecular complexity index is 788. The smallest absolute Gasteiger partial charge is 0.187 e. The number of hydrogen-bond donors (Lipinski definition) is 1. The first-order valence-electron chi connectivity index (χ1n) is 7.20. The lowest BCUT2D eigenvalue weighted by Gasteiger charge is -2.02. The molecular formula is C17H17N3OS2. The zero-order valence-electron chi connectivity index (χ0n) is 12.5. The Balaban J connectivity index is 1.61.